The van der Waals surface area contributed by atoms with Gasteiger partial charge in [0.05, 0.1) is 5.92 Å². The van der Waals surface area contributed by atoms with Crippen molar-refractivity contribution in [1.29, 1.82) is 0 Å². The van der Waals surface area contributed by atoms with E-state index >= 15 is 0 Å². The number of nitrogens with one attached hydrogen (secondary N) is 1. The topological polar surface area (TPSA) is 75.2 Å². The fourth-order valence-electron chi connectivity index (χ4n) is 2.83. The molecule has 2 rings (SSSR count). The maximum atomic E-state index is 12.4. The SMILES string of the molecule is CCC(CC)c1nnc(NC(=O)C2CC(=O)N(C(C)(C)C)C2)s1. The number of nitrogens with zero attached hydrogens (tertiary/aromatic N) is 3. The largest absolute Gasteiger partial charge is 0.337 e. The van der Waals surface area contributed by atoms with Gasteiger partial charge in [0.25, 0.3) is 0 Å². The van der Waals surface area contributed by atoms with Crippen LogP contribution >= 0.6 is 11.3 Å². The maximum absolute atomic E-state index is 12.4. The molecule has 1 aromatic rings. The van der Waals surface area contributed by atoms with Crippen LogP contribution in [0.5, 0.6) is 0 Å². The van der Waals surface area contributed by atoms with Crippen molar-refractivity contribution >= 4 is 28.3 Å². The number of amides is 2. The molecule has 1 fully saturated rings. The number of carbonyl (C=O) groups excluding carboxylic acids is 2. The van der Waals surface area contributed by atoms with Gasteiger partial charge < -0.3 is 10.2 Å². The van der Waals surface area contributed by atoms with Gasteiger partial charge in [-0.15, -0.1) is 10.2 Å². The first kappa shape index (κ1) is 17.8. The van der Waals surface area contributed by atoms with E-state index in [1.807, 2.05) is 20.8 Å². The highest BCUT2D eigenvalue weighted by molar-refractivity contribution is 7.15. The molecule has 1 aliphatic heterocycles. The van der Waals surface area contributed by atoms with Crippen molar-refractivity contribution in [2.24, 2.45) is 5.92 Å². The van der Waals surface area contributed by atoms with Crippen molar-refractivity contribution < 1.29 is 9.59 Å². The molecule has 2 heterocycles. The van der Waals surface area contributed by atoms with Crippen LogP contribution in [0.3, 0.4) is 0 Å². The van der Waals surface area contributed by atoms with E-state index in [0.29, 0.717) is 17.6 Å². The summed E-state index contributed by atoms with van der Waals surface area (Å²) in [5, 5.41) is 12.6. The minimum atomic E-state index is -0.317. The van der Waals surface area contributed by atoms with E-state index in [4.69, 9.17) is 0 Å². The Morgan fingerprint density at radius 2 is 2.00 bits per heavy atom. The van der Waals surface area contributed by atoms with Crippen LogP contribution in [-0.2, 0) is 9.59 Å². The molecule has 23 heavy (non-hydrogen) atoms. The third kappa shape index (κ3) is 4.07. The fourth-order valence-corrected chi connectivity index (χ4v) is 3.84. The van der Waals surface area contributed by atoms with Gasteiger partial charge in [-0.2, -0.15) is 0 Å². The molecule has 0 aliphatic carbocycles. The van der Waals surface area contributed by atoms with E-state index in [2.05, 4.69) is 29.4 Å². The summed E-state index contributed by atoms with van der Waals surface area (Å²) in [6.07, 6.45) is 2.29. The van der Waals surface area contributed by atoms with E-state index in [9.17, 15) is 9.59 Å². The van der Waals surface area contributed by atoms with E-state index in [-0.39, 0.29) is 29.7 Å². The monoisotopic (exact) mass is 338 g/mol. The normalized spacial score (nSPS) is 18.8. The van der Waals surface area contributed by atoms with Crippen LogP contribution in [0.4, 0.5) is 5.13 Å². The Kier molecular flexibility index (Phi) is 5.39. The third-order valence-corrected chi connectivity index (χ3v) is 5.31. The van der Waals surface area contributed by atoms with Crippen LogP contribution in [0.2, 0.25) is 0 Å². The molecule has 1 saturated heterocycles. The second-order valence-corrected chi connectivity index (χ2v) is 8.03. The van der Waals surface area contributed by atoms with Crippen molar-refractivity contribution in [2.75, 3.05) is 11.9 Å². The number of rotatable bonds is 5. The first-order valence-corrected chi connectivity index (χ1v) is 9.02. The summed E-state index contributed by atoms with van der Waals surface area (Å²) in [6.45, 7) is 10.7. The molecule has 128 valence electrons. The highest BCUT2D eigenvalue weighted by Gasteiger charge is 2.39. The molecule has 1 aromatic heterocycles. The zero-order valence-corrected chi connectivity index (χ0v) is 15.4. The van der Waals surface area contributed by atoms with E-state index < -0.39 is 0 Å². The second kappa shape index (κ2) is 6.95. The highest BCUT2D eigenvalue weighted by Crippen LogP contribution is 2.30. The van der Waals surface area contributed by atoms with Gasteiger partial charge >= 0.3 is 0 Å². The Morgan fingerprint density at radius 3 is 2.52 bits per heavy atom. The van der Waals surface area contributed by atoms with Crippen molar-refractivity contribution in [1.82, 2.24) is 15.1 Å². The molecule has 1 atom stereocenters. The quantitative estimate of drug-likeness (QED) is 0.895. The van der Waals surface area contributed by atoms with Gasteiger partial charge in [0.1, 0.15) is 5.01 Å². The summed E-state index contributed by atoms with van der Waals surface area (Å²) in [4.78, 5) is 26.3. The molecule has 0 radical (unpaired) electrons. The zero-order valence-electron chi connectivity index (χ0n) is 14.5. The smallest absolute Gasteiger partial charge is 0.231 e. The molecule has 0 bridgehead atoms. The molecule has 1 N–H and O–H groups in total. The predicted molar refractivity (Wildman–Crippen MR) is 91.4 cm³/mol. The second-order valence-electron chi connectivity index (χ2n) is 7.02. The Labute approximate surface area is 141 Å². The number of hydrogen-bond donors (Lipinski definition) is 1. The van der Waals surface area contributed by atoms with Gasteiger partial charge in [-0.25, -0.2) is 0 Å². The zero-order chi connectivity index (χ0) is 17.2. The lowest BCUT2D eigenvalue weighted by Gasteiger charge is -2.31. The van der Waals surface area contributed by atoms with Crippen LogP contribution in [-0.4, -0.2) is 39.0 Å². The minimum Gasteiger partial charge on any atom is -0.337 e. The van der Waals surface area contributed by atoms with Crippen molar-refractivity contribution in [3.63, 3.8) is 0 Å². The number of anilines is 1. The Bertz CT molecular complexity index is 575. The summed E-state index contributed by atoms with van der Waals surface area (Å²) in [5.74, 6) is -0.0326. The van der Waals surface area contributed by atoms with Crippen LogP contribution in [0.15, 0.2) is 0 Å². The Morgan fingerprint density at radius 1 is 1.35 bits per heavy atom. The van der Waals surface area contributed by atoms with Gasteiger partial charge in [-0.1, -0.05) is 25.2 Å². The molecule has 0 aromatic carbocycles. The summed E-state index contributed by atoms with van der Waals surface area (Å²) < 4.78 is 0. The van der Waals surface area contributed by atoms with Gasteiger partial charge in [0.2, 0.25) is 16.9 Å². The Balaban J connectivity index is 1.99. The molecule has 7 heteroatoms. The fraction of sp³-hybridized carbons (Fsp3) is 0.750. The molecular weight excluding hydrogens is 312 g/mol. The molecule has 2 amide bonds. The highest BCUT2D eigenvalue weighted by atomic mass is 32.1. The summed E-state index contributed by atoms with van der Waals surface area (Å²) in [7, 11) is 0. The summed E-state index contributed by atoms with van der Waals surface area (Å²) in [5.41, 5.74) is -0.252. The number of likely N-dealkylation sites (tertiary alicyclic amines) is 1. The lowest BCUT2D eigenvalue weighted by Crippen LogP contribution is -2.42. The van der Waals surface area contributed by atoms with Gasteiger partial charge in [0.15, 0.2) is 0 Å². The standard InChI is InChI=1S/C16H26N4O2S/c1-6-10(7-2)14-18-19-15(23-14)17-13(22)11-8-12(21)20(9-11)16(3,4)5/h10-11H,6-9H2,1-5H3,(H,17,19,22). The van der Waals surface area contributed by atoms with Gasteiger partial charge in [-0.05, 0) is 33.6 Å². The molecule has 1 unspecified atom stereocenters. The van der Waals surface area contributed by atoms with Crippen LogP contribution in [0, 0.1) is 5.92 Å². The van der Waals surface area contributed by atoms with Gasteiger partial charge in [-0.3, -0.25) is 9.59 Å². The van der Waals surface area contributed by atoms with E-state index in [1.54, 1.807) is 4.90 Å². The predicted octanol–water partition coefficient (Wildman–Crippen LogP) is 3.03. The summed E-state index contributed by atoms with van der Waals surface area (Å²) >= 11 is 1.43. The van der Waals surface area contributed by atoms with Crippen LogP contribution in [0.1, 0.15) is 64.8 Å². The third-order valence-electron chi connectivity index (χ3n) is 4.31. The minimum absolute atomic E-state index is 0.0348. The number of hydrogen-bond acceptors (Lipinski definition) is 5. The van der Waals surface area contributed by atoms with E-state index in [1.165, 1.54) is 11.3 Å². The maximum Gasteiger partial charge on any atom is 0.231 e. The van der Waals surface area contributed by atoms with Gasteiger partial charge in [0, 0.05) is 24.4 Å². The number of aromatic nitrogens is 2. The Hall–Kier alpha value is -1.50. The molecule has 0 spiro atoms. The van der Waals surface area contributed by atoms with E-state index in [0.717, 1.165) is 17.8 Å². The lowest BCUT2D eigenvalue weighted by molar-refractivity contribution is -0.131. The van der Waals surface area contributed by atoms with Crippen LogP contribution in [0.25, 0.3) is 0 Å². The molecule has 1 aliphatic rings. The first-order chi connectivity index (χ1) is 10.8. The van der Waals surface area contributed by atoms with Crippen molar-refractivity contribution in [3.05, 3.63) is 5.01 Å². The van der Waals surface area contributed by atoms with Crippen molar-refractivity contribution in [2.45, 2.75) is 65.3 Å². The van der Waals surface area contributed by atoms with Crippen LogP contribution < -0.4 is 5.32 Å². The molecular formula is C16H26N4O2S. The van der Waals surface area contributed by atoms with Crippen molar-refractivity contribution in [3.8, 4) is 0 Å². The average Bonchev–Trinajstić information content (AvgIpc) is 3.07. The molecule has 6 nitrogen and oxygen atoms in total. The lowest BCUT2D eigenvalue weighted by atomic mass is 10.1. The number of carbonyl (C=O) groups is 2. The molecule has 0 saturated carbocycles. The average molecular weight is 338 g/mol. The summed E-state index contributed by atoms with van der Waals surface area (Å²) in [6, 6.07) is 0. The first-order valence-electron chi connectivity index (χ1n) is 8.21.